The SMILES string of the molecule is Cc1cc(C(=O)O)c(-c2ncccc2OC(F)(F)F)n1C1CC1. The first-order chi connectivity index (χ1) is 10.8. The highest BCUT2D eigenvalue weighted by Gasteiger charge is 2.36. The lowest BCUT2D eigenvalue weighted by Gasteiger charge is -2.15. The van der Waals surface area contributed by atoms with Crippen LogP contribution in [0.5, 0.6) is 5.75 Å². The maximum atomic E-state index is 12.6. The van der Waals surface area contributed by atoms with Gasteiger partial charge in [0, 0.05) is 17.9 Å². The number of aryl methyl sites for hydroxylation is 1. The van der Waals surface area contributed by atoms with Crippen molar-refractivity contribution in [3.63, 3.8) is 0 Å². The zero-order valence-electron chi connectivity index (χ0n) is 12.1. The number of rotatable bonds is 4. The molecule has 122 valence electrons. The predicted octanol–water partition coefficient (Wildman–Crippen LogP) is 3.79. The van der Waals surface area contributed by atoms with Crippen molar-refractivity contribution in [3.8, 4) is 17.1 Å². The van der Waals surface area contributed by atoms with E-state index in [0.29, 0.717) is 5.69 Å². The Hall–Kier alpha value is -2.51. The number of alkyl halides is 3. The van der Waals surface area contributed by atoms with Crippen LogP contribution < -0.4 is 4.74 Å². The van der Waals surface area contributed by atoms with Gasteiger partial charge in [0.15, 0.2) is 5.75 Å². The Balaban J connectivity index is 2.21. The molecule has 0 atom stereocenters. The molecule has 1 N–H and O–H groups in total. The van der Waals surface area contributed by atoms with E-state index < -0.39 is 18.1 Å². The van der Waals surface area contributed by atoms with Crippen molar-refractivity contribution in [1.29, 1.82) is 0 Å². The quantitative estimate of drug-likeness (QED) is 0.928. The molecule has 8 heteroatoms. The Labute approximate surface area is 129 Å². The average molecular weight is 326 g/mol. The molecule has 5 nitrogen and oxygen atoms in total. The first kappa shape index (κ1) is 15.4. The molecule has 2 heterocycles. The van der Waals surface area contributed by atoms with Gasteiger partial charge in [0.05, 0.1) is 11.3 Å². The fourth-order valence-electron chi connectivity index (χ4n) is 2.64. The summed E-state index contributed by atoms with van der Waals surface area (Å²) in [6.45, 7) is 1.72. The van der Waals surface area contributed by atoms with Crippen LogP contribution in [0.3, 0.4) is 0 Å². The lowest BCUT2D eigenvalue weighted by molar-refractivity contribution is -0.274. The number of ether oxygens (including phenoxy) is 1. The lowest BCUT2D eigenvalue weighted by atomic mass is 10.1. The van der Waals surface area contributed by atoms with Crippen LogP contribution in [0.1, 0.15) is 34.9 Å². The van der Waals surface area contributed by atoms with Crippen LogP contribution in [-0.4, -0.2) is 27.0 Å². The fourth-order valence-corrected chi connectivity index (χ4v) is 2.64. The van der Waals surface area contributed by atoms with E-state index in [-0.39, 0.29) is 23.0 Å². The standard InChI is InChI=1S/C15H13F3N2O3/c1-8-7-10(14(21)22)13(20(8)9-4-5-9)12-11(3-2-6-19-12)23-15(16,17)18/h2-3,6-7,9H,4-5H2,1H3,(H,21,22). The fraction of sp³-hybridized carbons (Fsp3) is 0.333. The second kappa shape index (κ2) is 5.29. The molecule has 23 heavy (non-hydrogen) atoms. The molecule has 3 rings (SSSR count). The summed E-state index contributed by atoms with van der Waals surface area (Å²) in [6, 6.07) is 3.96. The van der Waals surface area contributed by atoms with Crippen LogP contribution in [0, 0.1) is 6.92 Å². The summed E-state index contributed by atoms with van der Waals surface area (Å²) in [5, 5.41) is 9.39. The zero-order chi connectivity index (χ0) is 16.8. The number of carboxylic acid groups (broad SMARTS) is 1. The third-order valence-electron chi connectivity index (χ3n) is 3.59. The molecule has 0 aliphatic heterocycles. The average Bonchev–Trinajstić information content (AvgIpc) is 3.21. The van der Waals surface area contributed by atoms with Crippen molar-refractivity contribution in [1.82, 2.24) is 9.55 Å². The summed E-state index contributed by atoms with van der Waals surface area (Å²) in [5.41, 5.74) is 0.614. The Morgan fingerprint density at radius 1 is 1.43 bits per heavy atom. The van der Waals surface area contributed by atoms with Gasteiger partial charge in [0.25, 0.3) is 0 Å². The number of carbonyl (C=O) groups is 1. The summed E-state index contributed by atoms with van der Waals surface area (Å²) < 4.78 is 43.5. The molecular formula is C15H13F3N2O3. The molecule has 1 saturated carbocycles. The van der Waals surface area contributed by atoms with E-state index in [1.807, 2.05) is 0 Å². The van der Waals surface area contributed by atoms with Crippen molar-refractivity contribution in [2.75, 3.05) is 0 Å². The molecule has 1 fully saturated rings. The van der Waals surface area contributed by atoms with Crippen molar-refractivity contribution >= 4 is 5.97 Å². The highest BCUT2D eigenvalue weighted by atomic mass is 19.4. The summed E-state index contributed by atoms with van der Waals surface area (Å²) in [4.78, 5) is 15.4. The summed E-state index contributed by atoms with van der Waals surface area (Å²) in [5.74, 6) is -1.73. The molecule has 0 bridgehead atoms. The molecule has 2 aromatic heterocycles. The molecule has 2 aromatic rings. The second-order valence-corrected chi connectivity index (χ2v) is 5.35. The Morgan fingerprint density at radius 3 is 2.70 bits per heavy atom. The Morgan fingerprint density at radius 2 is 2.13 bits per heavy atom. The summed E-state index contributed by atoms with van der Waals surface area (Å²) in [7, 11) is 0. The van der Waals surface area contributed by atoms with Gasteiger partial charge in [-0.25, -0.2) is 4.79 Å². The first-order valence-corrected chi connectivity index (χ1v) is 6.94. The van der Waals surface area contributed by atoms with E-state index in [2.05, 4.69) is 9.72 Å². The maximum absolute atomic E-state index is 12.6. The minimum absolute atomic E-state index is 0.0823. The molecule has 0 unspecified atom stereocenters. The predicted molar refractivity (Wildman–Crippen MR) is 74.3 cm³/mol. The number of carboxylic acids is 1. The number of hydrogen-bond acceptors (Lipinski definition) is 3. The van der Waals surface area contributed by atoms with Gasteiger partial charge in [0.2, 0.25) is 0 Å². The normalized spacial score (nSPS) is 14.8. The molecule has 0 amide bonds. The smallest absolute Gasteiger partial charge is 0.478 e. The first-order valence-electron chi connectivity index (χ1n) is 6.94. The van der Waals surface area contributed by atoms with Crippen molar-refractivity contribution in [2.45, 2.75) is 32.2 Å². The van der Waals surface area contributed by atoms with Crippen LogP contribution >= 0.6 is 0 Å². The van der Waals surface area contributed by atoms with E-state index >= 15 is 0 Å². The molecule has 1 aliphatic carbocycles. The van der Waals surface area contributed by atoms with Crippen LogP contribution in [0.25, 0.3) is 11.4 Å². The van der Waals surface area contributed by atoms with Gasteiger partial charge in [-0.3, -0.25) is 4.98 Å². The highest BCUT2D eigenvalue weighted by molar-refractivity contribution is 5.96. The van der Waals surface area contributed by atoms with Gasteiger partial charge in [-0.05, 0) is 38.0 Å². The van der Waals surface area contributed by atoms with Gasteiger partial charge < -0.3 is 14.4 Å². The molecule has 0 radical (unpaired) electrons. The van der Waals surface area contributed by atoms with E-state index in [1.165, 1.54) is 18.3 Å². The number of aromatic nitrogens is 2. The third-order valence-corrected chi connectivity index (χ3v) is 3.59. The van der Waals surface area contributed by atoms with E-state index in [0.717, 1.165) is 18.9 Å². The van der Waals surface area contributed by atoms with E-state index in [1.54, 1.807) is 11.5 Å². The highest BCUT2D eigenvalue weighted by Crippen LogP contribution is 2.43. The van der Waals surface area contributed by atoms with E-state index in [4.69, 9.17) is 0 Å². The number of nitrogens with zero attached hydrogens (tertiary/aromatic N) is 2. The zero-order valence-corrected chi connectivity index (χ0v) is 12.1. The molecule has 1 aliphatic rings. The maximum Gasteiger partial charge on any atom is 0.573 e. The Kier molecular flexibility index (Phi) is 3.54. The number of hydrogen-bond donors (Lipinski definition) is 1. The molecule has 0 saturated heterocycles. The summed E-state index contributed by atoms with van der Waals surface area (Å²) in [6.07, 6.45) is -1.87. The van der Waals surface area contributed by atoms with Crippen LogP contribution in [0.4, 0.5) is 13.2 Å². The topological polar surface area (TPSA) is 64.3 Å². The second-order valence-electron chi connectivity index (χ2n) is 5.35. The molecule has 0 aromatic carbocycles. The van der Waals surface area contributed by atoms with Gasteiger partial charge in [-0.1, -0.05) is 0 Å². The van der Waals surface area contributed by atoms with Gasteiger partial charge in [0.1, 0.15) is 5.69 Å². The van der Waals surface area contributed by atoms with E-state index in [9.17, 15) is 23.1 Å². The van der Waals surface area contributed by atoms with Crippen molar-refractivity contribution < 1.29 is 27.8 Å². The number of pyridine rings is 1. The van der Waals surface area contributed by atoms with Crippen LogP contribution in [-0.2, 0) is 0 Å². The third kappa shape index (κ3) is 3.01. The molecule has 0 spiro atoms. The van der Waals surface area contributed by atoms with Gasteiger partial charge >= 0.3 is 12.3 Å². The Bertz CT molecular complexity index is 764. The van der Waals surface area contributed by atoms with Gasteiger partial charge in [-0.15, -0.1) is 13.2 Å². The largest absolute Gasteiger partial charge is 0.573 e. The lowest BCUT2D eigenvalue weighted by Crippen LogP contribution is -2.18. The van der Waals surface area contributed by atoms with Gasteiger partial charge in [-0.2, -0.15) is 0 Å². The van der Waals surface area contributed by atoms with Crippen LogP contribution in [0.15, 0.2) is 24.4 Å². The summed E-state index contributed by atoms with van der Waals surface area (Å²) >= 11 is 0. The molecular weight excluding hydrogens is 313 g/mol. The van der Waals surface area contributed by atoms with Crippen molar-refractivity contribution in [2.24, 2.45) is 0 Å². The number of aromatic carboxylic acids is 1. The minimum Gasteiger partial charge on any atom is -0.478 e. The van der Waals surface area contributed by atoms with Crippen LogP contribution in [0.2, 0.25) is 0 Å². The van der Waals surface area contributed by atoms with Crippen molar-refractivity contribution in [3.05, 3.63) is 35.7 Å². The number of halogens is 3. The minimum atomic E-state index is -4.88. The monoisotopic (exact) mass is 326 g/mol.